The van der Waals surface area contributed by atoms with Gasteiger partial charge in [0.05, 0.1) is 22.6 Å². The average Bonchev–Trinajstić information content (AvgIpc) is 2.64. The quantitative estimate of drug-likeness (QED) is 0.451. The molecule has 0 radical (unpaired) electrons. The van der Waals surface area contributed by atoms with Crippen molar-refractivity contribution in [2.75, 3.05) is 13.7 Å². The molecule has 0 atom stereocenters. The minimum atomic E-state index is -0.843. The number of nitrogens with zero attached hydrogens (tertiary/aromatic N) is 1. The minimum absolute atomic E-state index is 0.0554. The van der Waals surface area contributed by atoms with Gasteiger partial charge in [0.15, 0.2) is 6.61 Å². The number of non-ortho nitro benzene ring substituents is 1. The van der Waals surface area contributed by atoms with E-state index in [1.165, 1.54) is 6.07 Å². The number of carbonyl (C=O) groups is 2. The number of nitro benzene ring substituents is 1. The third-order valence-electron chi connectivity index (χ3n) is 3.37. The Morgan fingerprint density at radius 3 is 2.46 bits per heavy atom. The van der Waals surface area contributed by atoms with Gasteiger partial charge in [0.1, 0.15) is 5.75 Å². The summed E-state index contributed by atoms with van der Waals surface area (Å²) in [6, 6.07) is 10.5. The monoisotopic (exact) mass is 378 g/mol. The summed E-state index contributed by atoms with van der Waals surface area (Å²) >= 11 is 5.83. The summed E-state index contributed by atoms with van der Waals surface area (Å²) in [7, 11) is 1.56. The van der Waals surface area contributed by atoms with Crippen LogP contribution in [0.4, 0.5) is 5.69 Å². The highest BCUT2D eigenvalue weighted by Gasteiger charge is 2.17. The van der Waals surface area contributed by atoms with Gasteiger partial charge in [0.25, 0.3) is 11.6 Å². The fraction of sp³-hybridized carbons (Fsp3) is 0.176. The van der Waals surface area contributed by atoms with Gasteiger partial charge in [0.2, 0.25) is 0 Å². The van der Waals surface area contributed by atoms with Crippen molar-refractivity contribution in [3.05, 3.63) is 68.7 Å². The second-order valence-corrected chi connectivity index (χ2v) is 5.53. The normalized spacial score (nSPS) is 10.1. The molecule has 136 valence electrons. The summed E-state index contributed by atoms with van der Waals surface area (Å²) < 4.78 is 9.91. The number of carbonyl (C=O) groups excluding carboxylic acids is 2. The zero-order chi connectivity index (χ0) is 19.1. The molecule has 0 bridgehead atoms. The van der Waals surface area contributed by atoms with Crippen LogP contribution in [0.3, 0.4) is 0 Å². The SMILES string of the molecule is COc1ccc(CNC(=O)COC(=O)c2ccc([N+](=O)[O-])cc2Cl)cc1. The van der Waals surface area contributed by atoms with Crippen molar-refractivity contribution in [2.45, 2.75) is 6.54 Å². The van der Waals surface area contributed by atoms with E-state index in [1.807, 2.05) is 0 Å². The number of halogens is 1. The lowest BCUT2D eigenvalue weighted by atomic mass is 10.2. The van der Waals surface area contributed by atoms with Crippen molar-refractivity contribution < 1.29 is 24.0 Å². The van der Waals surface area contributed by atoms with Crippen molar-refractivity contribution >= 4 is 29.2 Å². The van der Waals surface area contributed by atoms with Crippen LogP contribution in [-0.2, 0) is 16.1 Å². The van der Waals surface area contributed by atoms with E-state index >= 15 is 0 Å². The summed E-state index contributed by atoms with van der Waals surface area (Å²) in [5, 5.41) is 13.1. The van der Waals surface area contributed by atoms with Gasteiger partial charge in [-0.1, -0.05) is 23.7 Å². The second-order valence-electron chi connectivity index (χ2n) is 5.12. The number of nitro groups is 1. The lowest BCUT2D eigenvalue weighted by Gasteiger charge is -2.08. The maximum Gasteiger partial charge on any atom is 0.340 e. The van der Waals surface area contributed by atoms with Crippen LogP contribution in [0, 0.1) is 10.1 Å². The number of rotatable bonds is 7. The summed E-state index contributed by atoms with van der Waals surface area (Å²) in [6.45, 7) is -0.235. The van der Waals surface area contributed by atoms with Crippen LogP contribution in [0.5, 0.6) is 5.75 Å². The number of ether oxygens (including phenoxy) is 2. The first-order chi connectivity index (χ1) is 12.4. The molecule has 0 spiro atoms. The van der Waals surface area contributed by atoms with Crippen LogP contribution in [0.2, 0.25) is 5.02 Å². The highest BCUT2D eigenvalue weighted by Crippen LogP contribution is 2.23. The van der Waals surface area contributed by atoms with E-state index in [1.54, 1.807) is 31.4 Å². The van der Waals surface area contributed by atoms with Gasteiger partial charge >= 0.3 is 5.97 Å². The van der Waals surface area contributed by atoms with Crippen LogP contribution in [0.25, 0.3) is 0 Å². The number of benzene rings is 2. The smallest absolute Gasteiger partial charge is 0.340 e. The molecule has 0 aromatic heterocycles. The number of methoxy groups -OCH3 is 1. The predicted molar refractivity (Wildman–Crippen MR) is 93.2 cm³/mol. The fourth-order valence-electron chi connectivity index (χ4n) is 1.99. The Bertz CT molecular complexity index is 823. The minimum Gasteiger partial charge on any atom is -0.497 e. The summed E-state index contributed by atoms with van der Waals surface area (Å²) in [4.78, 5) is 33.7. The van der Waals surface area contributed by atoms with Crippen LogP contribution in [0.15, 0.2) is 42.5 Å². The Morgan fingerprint density at radius 1 is 1.19 bits per heavy atom. The average molecular weight is 379 g/mol. The molecule has 2 rings (SSSR count). The lowest BCUT2D eigenvalue weighted by Crippen LogP contribution is -2.28. The molecule has 1 amide bonds. The number of amides is 1. The standard InChI is InChI=1S/C17H15ClN2O6/c1-25-13-5-2-11(3-6-13)9-19-16(21)10-26-17(22)14-7-4-12(20(23)24)8-15(14)18/h2-8H,9-10H2,1H3,(H,19,21). The van der Waals surface area contributed by atoms with Gasteiger partial charge in [0, 0.05) is 18.7 Å². The molecule has 2 aromatic carbocycles. The van der Waals surface area contributed by atoms with E-state index in [4.69, 9.17) is 21.1 Å². The zero-order valence-corrected chi connectivity index (χ0v) is 14.5. The number of esters is 1. The Morgan fingerprint density at radius 2 is 1.88 bits per heavy atom. The van der Waals surface area contributed by atoms with Gasteiger partial charge in [-0.05, 0) is 23.8 Å². The lowest BCUT2D eigenvalue weighted by molar-refractivity contribution is -0.384. The summed E-state index contributed by atoms with van der Waals surface area (Å²) in [6.07, 6.45) is 0. The molecule has 0 saturated carbocycles. The Hall–Kier alpha value is -3.13. The van der Waals surface area contributed by atoms with Gasteiger partial charge in [-0.25, -0.2) is 4.79 Å². The van der Waals surface area contributed by atoms with Gasteiger partial charge in [-0.2, -0.15) is 0 Å². The van der Waals surface area contributed by atoms with Crippen LogP contribution >= 0.6 is 11.6 Å². The van der Waals surface area contributed by atoms with Gasteiger partial charge in [-0.3, -0.25) is 14.9 Å². The van der Waals surface area contributed by atoms with E-state index < -0.39 is 23.4 Å². The molecular formula is C17H15ClN2O6. The third kappa shape index (κ3) is 5.18. The van der Waals surface area contributed by atoms with Gasteiger partial charge in [-0.15, -0.1) is 0 Å². The molecule has 0 aliphatic carbocycles. The molecule has 0 unspecified atom stereocenters. The molecule has 2 aromatic rings. The first-order valence-corrected chi connectivity index (χ1v) is 7.79. The summed E-state index contributed by atoms with van der Waals surface area (Å²) in [5.41, 5.74) is 0.549. The molecule has 1 N–H and O–H groups in total. The highest BCUT2D eigenvalue weighted by molar-refractivity contribution is 6.33. The number of hydrogen-bond acceptors (Lipinski definition) is 6. The molecule has 26 heavy (non-hydrogen) atoms. The number of nitrogens with one attached hydrogen (secondary N) is 1. The van der Waals surface area contributed by atoms with Crippen LogP contribution in [-0.4, -0.2) is 30.5 Å². The van der Waals surface area contributed by atoms with E-state index in [0.29, 0.717) is 5.75 Å². The highest BCUT2D eigenvalue weighted by atomic mass is 35.5. The molecule has 0 aliphatic rings. The second kappa shape index (κ2) is 8.82. The number of hydrogen-bond donors (Lipinski definition) is 1. The maximum absolute atomic E-state index is 11.9. The van der Waals surface area contributed by atoms with E-state index in [2.05, 4.69) is 5.32 Å². The van der Waals surface area contributed by atoms with Crippen molar-refractivity contribution in [2.24, 2.45) is 0 Å². The Labute approximate surface area is 153 Å². The molecule has 9 heteroatoms. The summed E-state index contributed by atoms with van der Waals surface area (Å²) in [5.74, 6) is -0.634. The molecule has 0 fully saturated rings. The molecule has 0 aliphatic heterocycles. The van der Waals surface area contributed by atoms with Crippen molar-refractivity contribution in [3.63, 3.8) is 0 Å². The van der Waals surface area contributed by atoms with Crippen molar-refractivity contribution in [3.8, 4) is 5.75 Å². The zero-order valence-electron chi connectivity index (χ0n) is 13.7. The van der Waals surface area contributed by atoms with Crippen molar-refractivity contribution in [1.29, 1.82) is 0 Å². The van der Waals surface area contributed by atoms with Crippen molar-refractivity contribution in [1.82, 2.24) is 5.32 Å². The first-order valence-electron chi connectivity index (χ1n) is 7.41. The van der Waals surface area contributed by atoms with E-state index in [0.717, 1.165) is 17.7 Å². The third-order valence-corrected chi connectivity index (χ3v) is 3.68. The largest absolute Gasteiger partial charge is 0.497 e. The molecule has 0 saturated heterocycles. The first kappa shape index (κ1) is 19.2. The molecule has 8 nitrogen and oxygen atoms in total. The Kier molecular flexibility index (Phi) is 6.51. The Balaban J connectivity index is 1.84. The topological polar surface area (TPSA) is 108 Å². The van der Waals surface area contributed by atoms with E-state index in [9.17, 15) is 19.7 Å². The maximum atomic E-state index is 11.9. The van der Waals surface area contributed by atoms with E-state index in [-0.39, 0.29) is 22.8 Å². The van der Waals surface area contributed by atoms with Crippen LogP contribution in [0.1, 0.15) is 15.9 Å². The van der Waals surface area contributed by atoms with Gasteiger partial charge < -0.3 is 14.8 Å². The fourth-order valence-corrected chi connectivity index (χ4v) is 2.24. The molecule has 0 heterocycles. The molecular weight excluding hydrogens is 364 g/mol. The predicted octanol–water partition coefficient (Wildman–Crippen LogP) is 2.73. The van der Waals surface area contributed by atoms with Crippen LogP contribution < -0.4 is 10.1 Å².